The number of rotatable bonds is 7. The Kier molecular flexibility index (Phi) is 6.64. The highest BCUT2D eigenvalue weighted by Crippen LogP contribution is 2.21. The van der Waals surface area contributed by atoms with Gasteiger partial charge in [0.05, 0.1) is 23.6 Å². The first kappa shape index (κ1) is 19.2. The van der Waals surface area contributed by atoms with E-state index in [-0.39, 0.29) is 18.3 Å². The molecule has 7 nitrogen and oxygen atoms in total. The molecule has 2 heterocycles. The van der Waals surface area contributed by atoms with Crippen molar-refractivity contribution in [2.45, 2.75) is 24.9 Å². The molecular weight excluding hydrogens is 364 g/mol. The lowest BCUT2D eigenvalue weighted by Gasteiger charge is -2.16. The topological polar surface area (TPSA) is 84.4 Å². The third-order valence-corrected chi connectivity index (χ3v) is 4.94. The van der Waals surface area contributed by atoms with Crippen LogP contribution in [-0.4, -0.2) is 47.3 Å². The summed E-state index contributed by atoms with van der Waals surface area (Å²) in [5, 5.41) is 3.33. The molecule has 1 amide bonds. The number of hydrogen-bond acceptors (Lipinski definition) is 7. The number of hydrogen-bond donors (Lipinski definition) is 1. The van der Waals surface area contributed by atoms with E-state index in [1.807, 2.05) is 6.07 Å². The Balaban J connectivity index is 1.59. The molecule has 0 bridgehead atoms. The minimum Gasteiger partial charge on any atom is -0.462 e. The van der Waals surface area contributed by atoms with Crippen LogP contribution in [0.5, 0.6) is 0 Å². The van der Waals surface area contributed by atoms with E-state index >= 15 is 0 Å². The highest BCUT2D eigenvalue weighted by molar-refractivity contribution is 7.99. The van der Waals surface area contributed by atoms with Gasteiger partial charge in [-0.2, -0.15) is 0 Å². The molecule has 1 fully saturated rings. The zero-order valence-electron chi connectivity index (χ0n) is 15.2. The van der Waals surface area contributed by atoms with Gasteiger partial charge < -0.3 is 15.0 Å². The molecule has 0 aliphatic carbocycles. The van der Waals surface area contributed by atoms with E-state index < -0.39 is 5.97 Å². The van der Waals surface area contributed by atoms with Gasteiger partial charge in [-0.15, -0.1) is 0 Å². The number of benzene rings is 1. The van der Waals surface area contributed by atoms with Gasteiger partial charge in [0.25, 0.3) is 0 Å². The van der Waals surface area contributed by atoms with E-state index in [0.717, 1.165) is 18.9 Å². The number of carbonyl (C=O) groups is 2. The van der Waals surface area contributed by atoms with Gasteiger partial charge in [-0.1, -0.05) is 23.9 Å². The number of para-hydroxylation sites is 1. The van der Waals surface area contributed by atoms with Gasteiger partial charge in [0.2, 0.25) is 5.91 Å². The van der Waals surface area contributed by atoms with E-state index in [1.165, 1.54) is 24.6 Å². The van der Waals surface area contributed by atoms with Crippen molar-refractivity contribution in [2.24, 2.45) is 0 Å². The molecule has 0 spiro atoms. The van der Waals surface area contributed by atoms with Crippen LogP contribution < -0.4 is 10.2 Å². The lowest BCUT2D eigenvalue weighted by molar-refractivity contribution is -0.113. The van der Waals surface area contributed by atoms with Crippen molar-refractivity contribution in [1.29, 1.82) is 0 Å². The monoisotopic (exact) mass is 386 g/mol. The Morgan fingerprint density at radius 3 is 2.78 bits per heavy atom. The summed E-state index contributed by atoms with van der Waals surface area (Å²) in [5.41, 5.74) is 0.776. The van der Waals surface area contributed by atoms with Gasteiger partial charge in [-0.25, -0.2) is 14.8 Å². The minimum atomic E-state index is -0.456. The summed E-state index contributed by atoms with van der Waals surface area (Å²) in [6.07, 6.45) is 4.07. The summed E-state index contributed by atoms with van der Waals surface area (Å²) in [7, 11) is 0. The Labute approximate surface area is 162 Å². The van der Waals surface area contributed by atoms with Crippen molar-refractivity contribution in [2.75, 3.05) is 35.7 Å². The van der Waals surface area contributed by atoms with E-state index in [9.17, 15) is 9.59 Å². The van der Waals surface area contributed by atoms with Crippen LogP contribution in [0, 0.1) is 0 Å². The molecule has 1 aromatic heterocycles. The van der Waals surface area contributed by atoms with Gasteiger partial charge >= 0.3 is 5.97 Å². The first-order chi connectivity index (χ1) is 13.2. The van der Waals surface area contributed by atoms with Crippen LogP contribution >= 0.6 is 11.8 Å². The standard InChI is InChI=1S/C19H22N4O3S/c1-2-26-18(25)14-7-3-4-8-15(14)21-17(24)13-27-19-20-10-9-16(22-19)23-11-5-6-12-23/h3-4,7-10H,2,5-6,11-13H2,1H3,(H,21,24). The van der Waals surface area contributed by atoms with E-state index in [2.05, 4.69) is 20.2 Å². The van der Waals surface area contributed by atoms with Gasteiger partial charge in [0, 0.05) is 19.3 Å². The molecule has 27 heavy (non-hydrogen) atoms. The smallest absolute Gasteiger partial charge is 0.340 e. The van der Waals surface area contributed by atoms with Crippen LogP contribution in [-0.2, 0) is 9.53 Å². The molecule has 1 aromatic carbocycles. The molecule has 3 rings (SSSR count). The average molecular weight is 386 g/mol. The zero-order valence-corrected chi connectivity index (χ0v) is 16.0. The maximum atomic E-state index is 12.3. The number of anilines is 2. The highest BCUT2D eigenvalue weighted by atomic mass is 32.2. The van der Waals surface area contributed by atoms with Gasteiger partial charge in [0.15, 0.2) is 5.16 Å². The molecule has 0 unspecified atom stereocenters. The molecule has 0 radical (unpaired) electrons. The van der Waals surface area contributed by atoms with Crippen LogP contribution in [0.15, 0.2) is 41.7 Å². The first-order valence-electron chi connectivity index (χ1n) is 8.94. The number of carbonyl (C=O) groups excluding carboxylic acids is 2. The number of nitrogens with zero attached hydrogens (tertiary/aromatic N) is 3. The molecule has 2 aromatic rings. The molecule has 1 N–H and O–H groups in total. The molecule has 142 valence electrons. The average Bonchev–Trinajstić information content (AvgIpc) is 3.22. The summed E-state index contributed by atoms with van der Waals surface area (Å²) in [4.78, 5) is 35.3. The number of ether oxygens (including phenoxy) is 1. The Morgan fingerprint density at radius 2 is 2.00 bits per heavy atom. The summed E-state index contributed by atoms with van der Waals surface area (Å²) in [6.45, 7) is 4.03. The minimum absolute atomic E-state index is 0.153. The Morgan fingerprint density at radius 1 is 1.22 bits per heavy atom. The molecule has 8 heteroatoms. The van der Waals surface area contributed by atoms with Crippen LogP contribution in [0.3, 0.4) is 0 Å². The summed E-state index contributed by atoms with van der Waals surface area (Å²) >= 11 is 1.27. The Hall–Kier alpha value is -2.61. The fraction of sp³-hybridized carbons (Fsp3) is 0.368. The third-order valence-electron chi connectivity index (χ3n) is 4.08. The van der Waals surface area contributed by atoms with Crippen molar-refractivity contribution in [3.63, 3.8) is 0 Å². The maximum Gasteiger partial charge on any atom is 0.340 e. The largest absolute Gasteiger partial charge is 0.462 e. The number of thioether (sulfide) groups is 1. The van der Waals surface area contributed by atoms with Crippen molar-refractivity contribution >= 4 is 35.1 Å². The predicted octanol–water partition coefficient (Wildman–Crippen LogP) is 2.98. The molecular formula is C19H22N4O3S. The fourth-order valence-electron chi connectivity index (χ4n) is 2.82. The van der Waals surface area contributed by atoms with Crippen molar-refractivity contribution < 1.29 is 14.3 Å². The number of aromatic nitrogens is 2. The zero-order chi connectivity index (χ0) is 19.1. The van der Waals surface area contributed by atoms with Crippen molar-refractivity contribution in [3.05, 3.63) is 42.1 Å². The quantitative estimate of drug-likeness (QED) is 0.445. The molecule has 1 saturated heterocycles. The van der Waals surface area contributed by atoms with Gasteiger partial charge in [-0.05, 0) is 38.0 Å². The summed E-state index contributed by atoms with van der Waals surface area (Å²) in [6, 6.07) is 8.69. The number of amides is 1. The second-order valence-corrected chi connectivity index (χ2v) is 6.94. The van der Waals surface area contributed by atoms with E-state index in [1.54, 1.807) is 37.4 Å². The van der Waals surface area contributed by atoms with Crippen LogP contribution in [0.1, 0.15) is 30.1 Å². The van der Waals surface area contributed by atoms with Crippen LogP contribution in [0.2, 0.25) is 0 Å². The normalized spacial score (nSPS) is 13.4. The second kappa shape index (κ2) is 9.36. The van der Waals surface area contributed by atoms with E-state index in [4.69, 9.17) is 4.74 Å². The van der Waals surface area contributed by atoms with E-state index in [0.29, 0.717) is 16.4 Å². The molecule has 0 atom stereocenters. The Bertz CT molecular complexity index is 809. The van der Waals surface area contributed by atoms with Crippen LogP contribution in [0.4, 0.5) is 11.5 Å². The van der Waals surface area contributed by atoms with Crippen LogP contribution in [0.25, 0.3) is 0 Å². The molecule has 1 aliphatic rings. The third kappa shape index (κ3) is 5.19. The SMILES string of the molecule is CCOC(=O)c1ccccc1NC(=O)CSc1nccc(N2CCCC2)n1. The summed E-state index contributed by atoms with van der Waals surface area (Å²) in [5.74, 6) is 0.369. The molecule has 0 saturated carbocycles. The lowest BCUT2D eigenvalue weighted by atomic mass is 10.2. The molecule has 1 aliphatic heterocycles. The van der Waals surface area contributed by atoms with Crippen molar-refractivity contribution in [3.8, 4) is 0 Å². The number of esters is 1. The lowest BCUT2D eigenvalue weighted by Crippen LogP contribution is -2.19. The van der Waals surface area contributed by atoms with Gasteiger partial charge in [0.1, 0.15) is 5.82 Å². The highest BCUT2D eigenvalue weighted by Gasteiger charge is 2.16. The predicted molar refractivity (Wildman–Crippen MR) is 105 cm³/mol. The fourth-order valence-corrected chi connectivity index (χ4v) is 3.44. The van der Waals surface area contributed by atoms with Gasteiger partial charge in [-0.3, -0.25) is 4.79 Å². The number of nitrogens with one attached hydrogen (secondary N) is 1. The van der Waals surface area contributed by atoms with Crippen molar-refractivity contribution in [1.82, 2.24) is 9.97 Å². The second-order valence-electron chi connectivity index (χ2n) is 5.99. The summed E-state index contributed by atoms with van der Waals surface area (Å²) < 4.78 is 5.02. The maximum absolute atomic E-state index is 12.3. The first-order valence-corrected chi connectivity index (χ1v) is 9.92.